The zero-order valence-corrected chi connectivity index (χ0v) is 14.6. The molecule has 1 aliphatic carbocycles. The van der Waals surface area contributed by atoms with Crippen molar-refractivity contribution in [3.05, 3.63) is 29.5 Å². The molecule has 2 aliphatic heterocycles. The third-order valence-corrected chi connectivity index (χ3v) is 6.27. The first kappa shape index (κ1) is 16.1. The van der Waals surface area contributed by atoms with E-state index in [9.17, 15) is 9.90 Å². The zero-order valence-electron chi connectivity index (χ0n) is 14.6. The van der Waals surface area contributed by atoms with E-state index in [1.807, 2.05) is 18.2 Å². The lowest BCUT2D eigenvalue weighted by Crippen LogP contribution is -2.57. The van der Waals surface area contributed by atoms with Crippen LogP contribution >= 0.6 is 0 Å². The van der Waals surface area contributed by atoms with E-state index >= 15 is 0 Å². The number of nitrogens with one attached hydrogen (secondary N) is 1. The minimum absolute atomic E-state index is 0.0878. The number of aliphatic hydroxyl groups is 2. The van der Waals surface area contributed by atoms with Crippen molar-refractivity contribution in [3.8, 4) is 5.75 Å². The molecule has 0 bridgehead atoms. The van der Waals surface area contributed by atoms with Gasteiger partial charge in [0, 0.05) is 34.6 Å². The summed E-state index contributed by atoms with van der Waals surface area (Å²) in [7, 11) is 1.65. The van der Waals surface area contributed by atoms with Gasteiger partial charge in [-0.1, -0.05) is 0 Å². The summed E-state index contributed by atoms with van der Waals surface area (Å²) in [5.74, 6) is 0.871. The number of rotatable bonds is 5. The Kier molecular flexibility index (Phi) is 3.38. The van der Waals surface area contributed by atoms with Crippen LogP contribution in [0.4, 0.5) is 0 Å². The number of aliphatic hydroxyl groups excluding tert-OH is 2. The van der Waals surface area contributed by atoms with Gasteiger partial charge >= 0.3 is 5.97 Å². The molecule has 1 spiro atoms. The number of hydrogen-bond acceptors (Lipinski definition) is 6. The summed E-state index contributed by atoms with van der Waals surface area (Å²) in [6.45, 7) is 0.252. The van der Waals surface area contributed by atoms with Gasteiger partial charge in [-0.25, -0.2) is 4.79 Å². The highest BCUT2D eigenvalue weighted by molar-refractivity contribution is 5.91. The number of hydrogen-bond donors (Lipinski definition) is 3. The first-order chi connectivity index (χ1) is 12.6. The van der Waals surface area contributed by atoms with Crippen LogP contribution in [0.5, 0.6) is 5.75 Å². The fourth-order valence-corrected chi connectivity index (χ4v) is 4.81. The maximum Gasteiger partial charge on any atom is 0.329 e. The van der Waals surface area contributed by atoms with Crippen molar-refractivity contribution in [2.75, 3.05) is 26.9 Å². The Balaban J connectivity index is 1.56. The van der Waals surface area contributed by atoms with Gasteiger partial charge in [-0.15, -0.1) is 0 Å². The molecule has 2 aromatic rings. The number of H-pyrrole nitrogens is 1. The summed E-state index contributed by atoms with van der Waals surface area (Å²) in [5, 5.41) is 19.6. The monoisotopic (exact) mass is 358 g/mol. The third-order valence-electron chi connectivity index (χ3n) is 6.27. The number of aromatic amines is 1. The van der Waals surface area contributed by atoms with Crippen molar-refractivity contribution < 1.29 is 24.5 Å². The van der Waals surface area contributed by atoms with E-state index in [0.29, 0.717) is 5.92 Å². The summed E-state index contributed by atoms with van der Waals surface area (Å²) in [6, 6.07) is 5.44. The minimum Gasteiger partial charge on any atom is -0.497 e. The smallest absolute Gasteiger partial charge is 0.329 e. The van der Waals surface area contributed by atoms with Crippen LogP contribution in [0, 0.1) is 0 Å². The molecule has 1 aromatic heterocycles. The lowest BCUT2D eigenvalue weighted by molar-refractivity contribution is -0.160. The van der Waals surface area contributed by atoms with Gasteiger partial charge in [0.25, 0.3) is 0 Å². The number of methoxy groups -OCH3 is 1. The van der Waals surface area contributed by atoms with Gasteiger partial charge < -0.3 is 24.7 Å². The van der Waals surface area contributed by atoms with E-state index in [1.165, 1.54) is 5.56 Å². The molecule has 2 fully saturated rings. The molecule has 7 heteroatoms. The van der Waals surface area contributed by atoms with Gasteiger partial charge in [0.2, 0.25) is 0 Å². The molecule has 1 saturated carbocycles. The van der Waals surface area contributed by atoms with E-state index in [4.69, 9.17) is 14.6 Å². The van der Waals surface area contributed by atoms with Crippen molar-refractivity contribution >= 4 is 16.9 Å². The summed E-state index contributed by atoms with van der Waals surface area (Å²) in [6.07, 6.45) is 1.11. The number of carbonyl (C=O) groups excluding carboxylic acids is 1. The van der Waals surface area contributed by atoms with Gasteiger partial charge in [0.1, 0.15) is 24.5 Å². The van der Waals surface area contributed by atoms with Gasteiger partial charge in [-0.05, 0) is 36.6 Å². The van der Waals surface area contributed by atoms with Crippen LogP contribution < -0.4 is 4.74 Å². The number of esters is 1. The average molecular weight is 358 g/mol. The summed E-state index contributed by atoms with van der Waals surface area (Å²) in [4.78, 5) is 18.5. The van der Waals surface area contributed by atoms with Crippen molar-refractivity contribution in [1.29, 1.82) is 0 Å². The van der Waals surface area contributed by atoms with Gasteiger partial charge in [-0.3, -0.25) is 4.90 Å². The van der Waals surface area contributed by atoms with Crippen LogP contribution in [0.3, 0.4) is 0 Å². The number of benzene rings is 1. The summed E-state index contributed by atoms with van der Waals surface area (Å²) >= 11 is 0. The third kappa shape index (κ3) is 2.02. The van der Waals surface area contributed by atoms with E-state index in [0.717, 1.165) is 41.7 Å². The van der Waals surface area contributed by atoms with E-state index < -0.39 is 18.8 Å². The molecule has 3 N–H and O–H groups in total. The second-order valence-corrected chi connectivity index (χ2v) is 7.54. The van der Waals surface area contributed by atoms with Crippen LogP contribution in [0.1, 0.15) is 36.1 Å². The highest BCUT2D eigenvalue weighted by Gasteiger charge is 2.70. The Bertz CT molecular complexity index is 893. The van der Waals surface area contributed by atoms with E-state index in [1.54, 1.807) is 7.11 Å². The number of aromatic nitrogens is 1. The normalized spacial score (nSPS) is 30.0. The van der Waals surface area contributed by atoms with Crippen LogP contribution in [-0.2, 0) is 9.53 Å². The van der Waals surface area contributed by atoms with Crippen molar-refractivity contribution in [2.45, 2.75) is 36.4 Å². The van der Waals surface area contributed by atoms with Gasteiger partial charge in [-0.2, -0.15) is 0 Å². The molecule has 4 atom stereocenters. The number of nitrogens with zero attached hydrogens (tertiary/aromatic N) is 1. The topological polar surface area (TPSA) is 95.0 Å². The van der Waals surface area contributed by atoms with Crippen molar-refractivity contribution in [1.82, 2.24) is 9.88 Å². The molecule has 1 aromatic carbocycles. The van der Waals surface area contributed by atoms with E-state index in [2.05, 4.69) is 9.88 Å². The SMILES string of the molecule is COc1ccc2[nH]c3c(c2c1)C1CC12CCN2C3C(=O)OCC(O)CO. The molecular formula is C19H22N2O5. The maximum absolute atomic E-state index is 12.8. The Hall–Kier alpha value is -2.09. The molecule has 0 radical (unpaired) electrons. The lowest BCUT2D eigenvalue weighted by atomic mass is 9.84. The molecule has 1 saturated heterocycles. The summed E-state index contributed by atoms with van der Waals surface area (Å²) in [5.41, 5.74) is 3.19. The molecule has 138 valence electrons. The fraction of sp³-hybridized carbons (Fsp3) is 0.526. The predicted molar refractivity (Wildman–Crippen MR) is 93.1 cm³/mol. The standard InChI is InChI=1S/C19H22N2O5/c1-25-11-2-3-14-12(6-11)15-13-7-19(13)4-5-21(19)17(16(15)20-14)18(24)26-9-10(23)8-22/h2-3,6,10,13,17,20,22-23H,4-5,7-9H2,1H3. The number of carbonyl (C=O) groups is 1. The number of fused-ring (bicyclic) bond motifs is 4. The fourth-order valence-electron chi connectivity index (χ4n) is 4.81. The molecular weight excluding hydrogens is 336 g/mol. The Morgan fingerprint density at radius 3 is 3.04 bits per heavy atom. The molecule has 0 amide bonds. The quantitative estimate of drug-likeness (QED) is 0.692. The Morgan fingerprint density at radius 2 is 2.35 bits per heavy atom. The Morgan fingerprint density at radius 1 is 1.50 bits per heavy atom. The predicted octanol–water partition coefficient (Wildman–Crippen LogP) is 1.06. The average Bonchev–Trinajstić information content (AvgIpc) is 3.31. The largest absolute Gasteiger partial charge is 0.497 e. The van der Waals surface area contributed by atoms with Gasteiger partial charge in [0.05, 0.1) is 13.7 Å². The Labute approximate surface area is 150 Å². The molecule has 5 rings (SSSR count). The first-order valence-corrected chi connectivity index (χ1v) is 9.01. The van der Waals surface area contributed by atoms with E-state index in [-0.39, 0.29) is 18.1 Å². The molecule has 7 nitrogen and oxygen atoms in total. The molecule has 4 unspecified atom stereocenters. The molecule has 3 aliphatic rings. The number of ether oxygens (including phenoxy) is 2. The maximum atomic E-state index is 12.8. The van der Waals surface area contributed by atoms with Crippen molar-refractivity contribution in [2.24, 2.45) is 0 Å². The molecule has 3 heterocycles. The first-order valence-electron chi connectivity index (χ1n) is 9.01. The minimum atomic E-state index is -1.05. The zero-order chi connectivity index (χ0) is 18.1. The van der Waals surface area contributed by atoms with Gasteiger partial charge in [0.15, 0.2) is 0 Å². The van der Waals surface area contributed by atoms with Crippen LogP contribution in [0.15, 0.2) is 18.2 Å². The van der Waals surface area contributed by atoms with Crippen LogP contribution in [0.2, 0.25) is 0 Å². The highest BCUT2D eigenvalue weighted by atomic mass is 16.5. The van der Waals surface area contributed by atoms with Crippen LogP contribution in [0.25, 0.3) is 10.9 Å². The summed E-state index contributed by atoms with van der Waals surface area (Å²) < 4.78 is 10.7. The second kappa shape index (κ2) is 5.45. The second-order valence-electron chi connectivity index (χ2n) is 7.54. The highest BCUT2D eigenvalue weighted by Crippen LogP contribution is 2.69. The van der Waals surface area contributed by atoms with Crippen LogP contribution in [-0.4, -0.2) is 64.6 Å². The molecule has 26 heavy (non-hydrogen) atoms. The van der Waals surface area contributed by atoms with Crippen molar-refractivity contribution in [3.63, 3.8) is 0 Å². The lowest BCUT2D eigenvalue weighted by Gasteiger charge is -2.49.